The van der Waals surface area contributed by atoms with Gasteiger partial charge in [0.05, 0.1) is 6.42 Å². The fourth-order valence-electron chi connectivity index (χ4n) is 6.64. The second-order valence-electron chi connectivity index (χ2n) is 15.2. The quantitative estimate of drug-likeness (QED) is 0.126. The first-order valence-corrected chi connectivity index (χ1v) is 19.5. The van der Waals surface area contributed by atoms with Gasteiger partial charge in [-0.2, -0.15) is 0 Å². The van der Waals surface area contributed by atoms with Crippen LogP contribution in [0.5, 0.6) is 0 Å². The van der Waals surface area contributed by atoms with Crippen LogP contribution >= 0.6 is 11.6 Å². The number of fused-ring (bicyclic) bond motifs is 1. The fourth-order valence-corrected chi connectivity index (χ4v) is 6.76. The maximum absolute atomic E-state index is 14.3. The van der Waals surface area contributed by atoms with Gasteiger partial charge in [-0.05, 0) is 67.0 Å². The first-order valence-electron chi connectivity index (χ1n) is 19.2. The minimum Gasteiger partial charge on any atom is -0.370 e. The van der Waals surface area contributed by atoms with Crippen molar-refractivity contribution in [2.45, 2.75) is 102 Å². The highest BCUT2D eigenvalue weighted by Crippen LogP contribution is 2.20. The van der Waals surface area contributed by atoms with Crippen molar-refractivity contribution in [1.29, 1.82) is 0 Å². The van der Waals surface area contributed by atoms with Crippen LogP contribution in [0.25, 0.3) is 10.9 Å². The smallest absolute Gasteiger partial charge is 0.243 e. The van der Waals surface area contributed by atoms with Gasteiger partial charge in [0.1, 0.15) is 36.3 Å². The van der Waals surface area contributed by atoms with Crippen molar-refractivity contribution in [2.75, 3.05) is 6.54 Å². The van der Waals surface area contributed by atoms with E-state index in [4.69, 9.17) is 23.1 Å². The van der Waals surface area contributed by atoms with E-state index in [9.17, 15) is 33.6 Å². The van der Waals surface area contributed by atoms with Gasteiger partial charge in [-0.1, -0.05) is 69.6 Å². The van der Waals surface area contributed by atoms with Crippen molar-refractivity contribution in [3.63, 3.8) is 0 Å². The Balaban J connectivity index is 1.81. The summed E-state index contributed by atoms with van der Waals surface area (Å²) in [5.41, 5.74) is 13.4. The summed E-state index contributed by atoms with van der Waals surface area (Å²) in [4.78, 5) is 99.6. The van der Waals surface area contributed by atoms with Gasteiger partial charge < -0.3 is 48.4 Å². The van der Waals surface area contributed by atoms with Crippen LogP contribution in [0, 0.1) is 11.8 Å². The minimum absolute atomic E-state index is 0.00624. The Morgan fingerprint density at radius 2 is 1.23 bits per heavy atom. The number of H-pyrrole nitrogens is 1. The zero-order chi connectivity index (χ0) is 41.8. The van der Waals surface area contributed by atoms with Gasteiger partial charge in [-0.3, -0.25) is 33.6 Å². The average Bonchev–Trinajstić information content (AvgIpc) is 3.56. The highest BCUT2D eigenvalue weighted by Gasteiger charge is 2.36. The topological polar surface area (TPSA) is 260 Å². The Morgan fingerprint density at radius 1 is 0.684 bits per heavy atom. The minimum atomic E-state index is -1.54. The molecule has 57 heavy (non-hydrogen) atoms. The van der Waals surface area contributed by atoms with Crippen LogP contribution < -0.4 is 43.4 Å². The fraction of sp³-hybridized carbons (Fsp3) is 0.475. The van der Waals surface area contributed by atoms with Crippen LogP contribution in [-0.2, 0) is 46.4 Å². The molecule has 1 aliphatic heterocycles. The lowest BCUT2D eigenvalue weighted by Crippen LogP contribution is -2.62. The third kappa shape index (κ3) is 12.8. The molecule has 308 valence electrons. The molecule has 0 spiro atoms. The predicted octanol–water partition coefficient (Wildman–Crippen LogP) is 0.845. The summed E-state index contributed by atoms with van der Waals surface area (Å²) >= 11 is 6.11. The van der Waals surface area contributed by atoms with Crippen LogP contribution in [0.2, 0.25) is 5.02 Å². The monoisotopic (exact) mass is 807 g/mol. The van der Waals surface area contributed by atoms with Gasteiger partial charge in [0.15, 0.2) is 0 Å². The first kappa shape index (κ1) is 44.2. The number of carbonyl (C=O) groups excluding carboxylic acids is 7. The summed E-state index contributed by atoms with van der Waals surface area (Å²) in [6.45, 7) is 7.24. The second-order valence-corrected chi connectivity index (χ2v) is 15.6. The number of aromatic nitrogens is 1. The molecule has 6 atom stereocenters. The molecule has 7 amide bonds. The van der Waals surface area contributed by atoms with Crippen LogP contribution in [0.4, 0.5) is 0 Å². The third-order valence-corrected chi connectivity index (χ3v) is 9.93. The Morgan fingerprint density at radius 3 is 1.86 bits per heavy atom. The van der Waals surface area contributed by atoms with E-state index in [1.54, 1.807) is 44.3 Å². The zero-order valence-electron chi connectivity index (χ0n) is 32.7. The van der Waals surface area contributed by atoms with Gasteiger partial charge in [-0.25, -0.2) is 0 Å². The van der Waals surface area contributed by atoms with Crippen molar-refractivity contribution in [1.82, 2.24) is 36.9 Å². The lowest BCUT2D eigenvalue weighted by Gasteiger charge is -2.30. The molecule has 16 nitrogen and oxygen atoms in total. The molecule has 1 aromatic heterocycles. The number of hydrogen-bond acceptors (Lipinski definition) is 8. The SMILES string of the molecule is CC(C)C[C@@H]1NC(=O)[C@H](Cc2c[nH]c3ccccc23)NC(=O)[C@@H](CCCN)NC(=O)[C@H](CC(N)=O)NC(=O)[C@H](C(C)C)NC(=O)[C@@H](Cc2ccc(Cl)cc2)NC1=O. The summed E-state index contributed by atoms with van der Waals surface area (Å²) < 4.78 is 0. The lowest BCUT2D eigenvalue weighted by molar-refractivity contribution is -0.137. The van der Waals surface area contributed by atoms with E-state index in [-0.39, 0.29) is 38.1 Å². The van der Waals surface area contributed by atoms with Crippen molar-refractivity contribution >= 4 is 63.9 Å². The van der Waals surface area contributed by atoms with Gasteiger partial charge in [0, 0.05) is 35.0 Å². The second kappa shape index (κ2) is 20.6. The first-order chi connectivity index (χ1) is 27.1. The van der Waals surface area contributed by atoms with Gasteiger partial charge >= 0.3 is 0 Å². The molecule has 0 bridgehead atoms. The number of carbonyl (C=O) groups is 7. The Kier molecular flexibility index (Phi) is 16.0. The highest BCUT2D eigenvalue weighted by molar-refractivity contribution is 6.30. The average molecular weight is 808 g/mol. The van der Waals surface area contributed by atoms with Crippen LogP contribution in [0.3, 0.4) is 0 Å². The molecule has 0 unspecified atom stereocenters. The number of primary amides is 1. The summed E-state index contributed by atoms with van der Waals surface area (Å²) in [5, 5.41) is 17.5. The molecule has 0 saturated carbocycles. The molecule has 4 rings (SSSR count). The van der Waals surface area contributed by atoms with Crippen molar-refractivity contribution in [3.05, 3.63) is 70.9 Å². The van der Waals surface area contributed by atoms with Crippen molar-refractivity contribution in [2.24, 2.45) is 23.3 Å². The summed E-state index contributed by atoms with van der Waals surface area (Å²) in [6, 6.07) is 6.41. The van der Waals surface area contributed by atoms with Crippen LogP contribution in [0.1, 0.15) is 64.5 Å². The number of nitrogens with one attached hydrogen (secondary N) is 7. The summed E-state index contributed by atoms with van der Waals surface area (Å²) in [6.07, 6.45) is 1.59. The standard InChI is InChI=1S/C40H54ClN9O7/c1-21(2)16-29-36(53)47-30(17-23-11-13-25(41)14-12-23)39(56)50-34(22(3)4)40(57)49-32(19-33(43)51)38(55)45-28(10-7-15-42)35(52)48-31(37(54)46-29)18-24-20-44-27-9-6-5-8-26(24)27/h5-6,8-9,11-14,20-22,28-32,34,44H,7,10,15-19,42H2,1-4H3,(H2,43,51)(H,45,55)(H,46,54)(H,47,53)(H,48,52)(H,49,57)(H,50,56)/t28-,29+,30-,31+,32+,34+/m1/s1. The number of benzene rings is 2. The number of nitrogens with two attached hydrogens (primary N) is 2. The van der Waals surface area contributed by atoms with Crippen LogP contribution in [0.15, 0.2) is 54.7 Å². The maximum atomic E-state index is 14.3. The molecule has 2 aromatic carbocycles. The third-order valence-electron chi connectivity index (χ3n) is 9.67. The predicted molar refractivity (Wildman–Crippen MR) is 215 cm³/mol. The van der Waals surface area contributed by atoms with Gasteiger partial charge in [0.25, 0.3) is 0 Å². The molecule has 0 aliphatic carbocycles. The molecule has 17 heteroatoms. The summed E-state index contributed by atoms with van der Waals surface area (Å²) in [7, 11) is 0. The Hall–Kier alpha value is -5.48. The maximum Gasteiger partial charge on any atom is 0.243 e. The van der Waals surface area contributed by atoms with E-state index >= 15 is 0 Å². The largest absolute Gasteiger partial charge is 0.370 e. The molecular weight excluding hydrogens is 754 g/mol. The van der Waals surface area contributed by atoms with Gasteiger partial charge in [0.2, 0.25) is 41.4 Å². The number of halogens is 1. The van der Waals surface area contributed by atoms with E-state index in [0.717, 1.165) is 10.9 Å². The number of aromatic amines is 1. The van der Waals surface area contributed by atoms with Crippen LogP contribution in [-0.4, -0.2) is 89.1 Å². The normalized spacial score (nSPS) is 23.2. The van der Waals surface area contributed by atoms with E-state index < -0.39 is 89.9 Å². The zero-order valence-corrected chi connectivity index (χ0v) is 33.4. The molecule has 2 heterocycles. The van der Waals surface area contributed by atoms with E-state index in [1.165, 1.54) is 0 Å². The molecule has 3 aromatic rings. The van der Waals surface area contributed by atoms with E-state index in [2.05, 4.69) is 36.9 Å². The van der Waals surface area contributed by atoms with Crippen molar-refractivity contribution < 1.29 is 33.6 Å². The molecule has 1 saturated heterocycles. The summed E-state index contributed by atoms with van der Waals surface area (Å²) in [5.74, 6) is -6.03. The van der Waals surface area contributed by atoms with Crippen molar-refractivity contribution in [3.8, 4) is 0 Å². The number of rotatable bonds is 12. The number of para-hydroxylation sites is 1. The highest BCUT2D eigenvalue weighted by atomic mass is 35.5. The molecule has 11 N–H and O–H groups in total. The molecule has 1 fully saturated rings. The Bertz CT molecular complexity index is 1920. The van der Waals surface area contributed by atoms with Gasteiger partial charge in [-0.15, -0.1) is 0 Å². The molecule has 0 radical (unpaired) electrons. The van der Waals surface area contributed by atoms with E-state index in [0.29, 0.717) is 22.6 Å². The van der Waals surface area contributed by atoms with E-state index in [1.807, 2.05) is 38.1 Å². The lowest BCUT2D eigenvalue weighted by atomic mass is 9.98. The number of hydrogen-bond donors (Lipinski definition) is 9. The Labute approximate surface area is 336 Å². The molecular formula is C40H54ClN9O7. The molecule has 1 aliphatic rings. The number of amides is 7.